The molecule has 1 heterocycles. The lowest BCUT2D eigenvalue weighted by Gasteiger charge is -2.12. The molecule has 2 N–H and O–H groups in total. The summed E-state index contributed by atoms with van der Waals surface area (Å²) in [4.78, 5) is 11.6. The number of rotatable bonds is 5. The van der Waals surface area contributed by atoms with E-state index in [-0.39, 0.29) is 42.1 Å². The zero-order chi connectivity index (χ0) is 15.5. The van der Waals surface area contributed by atoms with E-state index < -0.39 is 21.5 Å². The largest absolute Gasteiger partial charge is 0.380 e. The Hall–Kier alpha value is -1.70. The van der Waals surface area contributed by atoms with E-state index >= 15 is 0 Å². The molecule has 0 radical (unpaired) electrons. The molecule has 1 aliphatic rings. The van der Waals surface area contributed by atoms with Crippen LogP contribution in [0.2, 0.25) is 0 Å². The summed E-state index contributed by atoms with van der Waals surface area (Å²) in [5.74, 6) is -1.76. The van der Waals surface area contributed by atoms with Gasteiger partial charge in [-0.3, -0.25) is 4.79 Å². The highest BCUT2D eigenvalue weighted by Crippen LogP contribution is 2.17. The third kappa shape index (κ3) is 4.38. The minimum Gasteiger partial charge on any atom is -0.380 e. The first-order chi connectivity index (χ1) is 9.87. The predicted molar refractivity (Wildman–Crippen MR) is 74.7 cm³/mol. The third-order valence-corrected chi connectivity index (χ3v) is 4.98. The Morgan fingerprint density at radius 1 is 1.29 bits per heavy atom. The van der Waals surface area contributed by atoms with Gasteiger partial charge in [0.2, 0.25) is 5.91 Å². The number of amides is 1. The molecular formula is C13H16F2N2O3S. The van der Waals surface area contributed by atoms with Gasteiger partial charge >= 0.3 is 0 Å². The van der Waals surface area contributed by atoms with E-state index in [9.17, 15) is 22.0 Å². The van der Waals surface area contributed by atoms with E-state index in [1.54, 1.807) is 0 Å². The number of benzene rings is 1. The summed E-state index contributed by atoms with van der Waals surface area (Å²) in [6.07, 6.45) is 0.410. The fourth-order valence-corrected chi connectivity index (χ4v) is 3.85. The highest BCUT2D eigenvalue weighted by molar-refractivity contribution is 7.91. The molecule has 8 heteroatoms. The van der Waals surface area contributed by atoms with Gasteiger partial charge in [0.15, 0.2) is 9.84 Å². The molecule has 0 aliphatic carbocycles. The number of hydrogen-bond donors (Lipinski definition) is 2. The number of halogens is 2. The van der Waals surface area contributed by atoms with Crippen molar-refractivity contribution in [2.24, 2.45) is 0 Å². The maximum absolute atomic E-state index is 13.3. The fraction of sp³-hybridized carbons (Fsp3) is 0.462. The molecule has 0 bridgehead atoms. The minimum atomic E-state index is -3.05. The van der Waals surface area contributed by atoms with E-state index in [2.05, 4.69) is 10.6 Å². The summed E-state index contributed by atoms with van der Waals surface area (Å²) in [6, 6.07) is 3.13. The van der Waals surface area contributed by atoms with Crippen LogP contribution in [0, 0.1) is 11.6 Å². The molecule has 5 nitrogen and oxygen atoms in total. The van der Waals surface area contributed by atoms with Crippen molar-refractivity contribution in [3.63, 3.8) is 0 Å². The quantitative estimate of drug-likeness (QED) is 0.851. The molecule has 1 unspecified atom stereocenters. The molecule has 21 heavy (non-hydrogen) atoms. The zero-order valence-corrected chi connectivity index (χ0v) is 12.1. The summed E-state index contributed by atoms with van der Waals surface area (Å²) < 4.78 is 49.1. The molecule has 1 atom stereocenters. The third-order valence-electron chi connectivity index (χ3n) is 3.21. The molecule has 116 valence electrons. The standard InChI is InChI=1S/C13H16F2N2O3S/c14-10-2-1-3-11(15)13(10)16-6-4-12(18)17-9-5-7-21(19,20)8-9/h1-3,9,16H,4-8H2,(H,17,18). The van der Waals surface area contributed by atoms with Crippen LogP contribution in [0.25, 0.3) is 0 Å². The van der Waals surface area contributed by atoms with Crippen LogP contribution >= 0.6 is 0 Å². The summed E-state index contributed by atoms with van der Waals surface area (Å²) in [7, 11) is -3.05. The van der Waals surface area contributed by atoms with E-state index in [0.29, 0.717) is 6.42 Å². The Labute approximate surface area is 121 Å². The first kappa shape index (κ1) is 15.7. The second-order valence-electron chi connectivity index (χ2n) is 4.94. The second-order valence-corrected chi connectivity index (χ2v) is 7.17. The smallest absolute Gasteiger partial charge is 0.222 e. The van der Waals surface area contributed by atoms with Crippen molar-refractivity contribution < 1.29 is 22.0 Å². The van der Waals surface area contributed by atoms with E-state index in [1.165, 1.54) is 6.07 Å². The summed E-state index contributed by atoms with van der Waals surface area (Å²) in [5.41, 5.74) is -0.270. The number of para-hydroxylation sites is 1. The van der Waals surface area contributed by atoms with Crippen LogP contribution in [0.1, 0.15) is 12.8 Å². The molecule has 0 spiro atoms. The van der Waals surface area contributed by atoms with Gasteiger partial charge in [0, 0.05) is 19.0 Å². The average molecular weight is 318 g/mol. The van der Waals surface area contributed by atoms with E-state index in [0.717, 1.165) is 12.1 Å². The molecular weight excluding hydrogens is 302 g/mol. The van der Waals surface area contributed by atoms with Crippen molar-refractivity contribution >= 4 is 21.4 Å². The molecule has 1 aromatic carbocycles. The zero-order valence-electron chi connectivity index (χ0n) is 11.2. The Kier molecular flexibility index (Phi) is 4.76. The van der Waals surface area contributed by atoms with Gasteiger partial charge in [0.05, 0.1) is 11.5 Å². The molecule has 1 saturated heterocycles. The van der Waals surface area contributed by atoms with Gasteiger partial charge in [-0.1, -0.05) is 6.07 Å². The lowest BCUT2D eigenvalue weighted by molar-refractivity contribution is -0.121. The van der Waals surface area contributed by atoms with Gasteiger partial charge < -0.3 is 10.6 Å². The van der Waals surface area contributed by atoms with Gasteiger partial charge in [-0.2, -0.15) is 0 Å². The summed E-state index contributed by atoms with van der Waals surface area (Å²) in [5, 5.41) is 5.13. The maximum atomic E-state index is 13.3. The SMILES string of the molecule is O=C(CCNc1c(F)cccc1F)NC1CCS(=O)(=O)C1. The monoisotopic (exact) mass is 318 g/mol. The topological polar surface area (TPSA) is 75.3 Å². The lowest BCUT2D eigenvalue weighted by Crippen LogP contribution is -2.36. The van der Waals surface area contributed by atoms with Gasteiger partial charge in [-0.25, -0.2) is 17.2 Å². The van der Waals surface area contributed by atoms with Crippen LogP contribution < -0.4 is 10.6 Å². The van der Waals surface area contributed by atoms with Gasteiger partial charge in [-0.05, 0) is 18.6 Å². The lowest BCUT2D eigenvalue weighted by atomic mass is 10.2. The Morgan fingerprint density at radius 2 is 1.95 bits per heavy atom. The highest BCUT2D eigenvalue weighted by Gasteiger charge is 2.28. The van der Waals surface area contributed by atoms with Crippen LogP contribution in [-0.4, -0.2) is 38.4 Å². The predicted octanol–water partition coefficient (Wildman–Crippen LogP) is 1.07. The molecule has 0 saturated carbocycles. The molecule has 1 aliphatic heterocycles. The van der Waals surface area contributed by atoms with Gasteiger partial charge in [-0.15, -0.1) is 0 Å². The first-order valence-electron chi connectivity index (χ1n) is 6.55. The Morgan fingerprint density at radius 3 is 2.52 bits per heavy atom. The molecule has 1 fully saturated rings. The molecule has 2 rings (SSSR count). The second kappa shape index (κ2) is 6.38. The van der Waals surface area contributed by atoms with E-state index in [4.69, 9.17) is 0 Å². The van der Waals surface area contributed by atoms with Gasteiger partial charge in [0.25, 0.3) is 0 Å². The molecule has 1 aromatic rings. The Balaban J connectivity index is 1.77. The van der Waals surface area contributed by atoms with Crippen LogP contribution in [0.4, 0.5) is 14.5 Å². The maximum Gasteiger partial charge on any atom is 0.222 e. The number of nitrogens with one attached hydrogen (secondary N) is 2. The van der Waals surface area contributed by atoms with Crippen molar-refractivity contribution in [1.82, 2.24) is 5.32 Å². The van der Waals surface area contributed by atoms with Gasteiger partial charge in [0.1, 0.15) is 17.3 Å². The highest BCUT2D eigenvalue weighted by atomic mass is 32.2. The van der Waals surface area contributed by atoms with Crippen molar-refractivity contribution in [3.8, 4) is 0 Å². The normalized spacial score (nSPS) is 20.2. The van der Waals surface area contributed by atoms with Crippen molar-refractivity contribution in [1.29, 1.82) is 0 Å². The van der Waals surface area contributed by atoms with E-state index in [1.807, 2.05) is 0 Å². The van der Waals surface area contributed by atoms with Crippen molar-refractivity contribution in [2.75, 3.05) is 23.4 Å². The number of carbonyl (C=O) groups excluding carboxylic acids is 1. The average Bonchev–Trinajstić information content (AvgIpc) is 2.72. The Bertz CT molecular complexity index is 614. The number of carbonyl (C=O) groups is 1. The fourth-order valence-electron chi connectivity index (χ4n) is 2.18. The van der Waals surface area contributed by atoms with Crippen LogP contribution in [-0.2, 0) is 14.6 Å². The molecule has 0 aromatic heterocycles. The van der Waals surface area contributed by atoms with Crippen LogP contribution in [0.3, 0.4) is 0 Å². The van der Waals surface area contributed by atoms with Crippen molar-refractivity contribution in [3.05, 3.63) is 29.8 Å². The number of anilines is 1. The van der Waals surface area contributed by atoms with Crippen molar-refractivity contribution in [2.45, 2.75) is 18.9 Å². The number of hydrogen-bond acceptors (Lipinski definition) is 4. The first-order valence-corrected chi connectivity index (χ1v) is 8.37. The summed E-state index contributed by atoms with van der Waals surface area (Å²) >= 11 is 0. The minimum absolute atomic E-state index is 0.00429. The van der Waals surface area contributed by atoms with Crippen LogP contribution in [0.5, 0.6) is 0 Å². The molecule has 1 amide bonds. The summed E-state index contributed by atoms with van der Waals surface area (Å²) in [6.45, 7) is 0.0587. The number of sulfone groups is 1. The van der Waals surface area contributed by atoms with Crippen LogP contribution in [0.15, 0.2) is 18.2 Å².